The molecule has 0 bridgehead atoms. The first-order valence-corrected chi connectivity index (χ1v) is 5.39. The van der Waals surface area contributed by atoms with Crippen LogP contribution >= 0.6 is 0 Å². The minimum absolute atomic E-state index is 0.773. The van der Waals surface area contributed by atoms with Crippen molar-refractivity contribution >= 4 is 6.08 Å². The molecule has 0 saturated carbocycles. The predicted molar refractivity (Wildman–Crippen MR) is 64.4 cm³/mol. The van der Waals surface area contributed by atoms with E-state index in [0.29, 0.717) is 0 Å². The Bertz CT molecular complexity index is 310. The maximum Gasteiger partial charge on any atom is -0.0230 e. The van der Waals surface area contributed by atoms with Gasteiger partial charge in [-0.1, -0.05) is 51.1 Å². The van der Waals surface area contributed by atoms with Crippen molar-refractivity contribution in [3.63, 3.8) is 0 Å². The molecule has 0 spiro atoms. The van der Waals surface area contributed by atoms with Crippen molar-refractivity contribution in [2.45, 2.75) is 33.6 Å². The Balaban J connectivity index is 2.84. The molecule has 0 nitrogen and oxygen atoms in total. The van der Waals surface area contributed by atoms with Crippen molar-refractivity contribution in [3.05, 3.63) is 41.5 Å². The van der Waals surface area contributed by atoms with E-state index in [9.17, 15) is 0 Å². The van der Waals surface area contributed by atoms with Crippen LogP contribution in [0, 0.1) is 12.8 Å². The lowest BCUT2D eigenvalue weighted by molar-refractivity contribution is 0.560. The summed E-state index contributed by atoms with van der Waals surface area (Å²) in [5.41, 5.74) is 4.01. The zero-order chi connectivity index (χ0) is 10.6. The molecule has 1 rings (SSSR count). The van der Waals surface area contributed by atoms with Gasteiger partial charge in [0.25, 0.3) is 0 Å². The summed E-state index contributed by atoms with van der Waals surface area (Å²) in [5, 5.41) is 0. The van der Waals surface area contributed by atoms with Crippen LogP contribution in [0.1, 0.15) is 37.0 Å². The second-order valence-electron chi connectivity index (χ2n) is 4.11. The summed E-state index contributed by atoms with van der Waals surface area (Å²) in [7, 11) is 0. The Hall–Kier alpha value is -1.04. The van der Waals surface area contributed by atoms with E-state index in [1.54, 1.807) is 0 Å². The Morgan fingerprint density at radius 2 is 2.14 bits per heavy atom. The predicted octanol–water partition coefficient (Wildman–Crippen LogP) is 4.23. The first-order valence-electron chi connectivity index (χ1n) is 5.39. The second kappa shape index (κ2) is 4.99. The minimum atomic E-state index is 0.773. The quantitative estimate of drug-likeness (QED) is 0.663. The molecule has 0 heteroatoms. The lowest BCUT2D eigenvalue weighted by Gasteiger charge is -2.10. The van der Waals surface area contributed by atoms with Gasteiger partial charge in [-0.25, -0.2) is 0 Å². The lowest BCUT2D eigenvalue weighted by atomic mass is 9.96. The molecule has 0 radical (unpaired) electrons. The molecule has 1 atom stereocenters. The summed E-state index contributed by atoms with van der Waals surface area (Å²) in [4.78, 5) is 0. The van der Waals surface area contributed by atoms with Crippen molar-refractivity contribution in [2.24, 2.45) is 5.92 Å². The normalized spacial score (nSPS) is 12.5. The zero-order valence-corrected chi connectivity index (χ0v) is 9.51. The molecule has 1 unspecified atom stereocenters. The third-order valence-electron chi connectivity index (χ3n) is 2.84. The maximum atomic E-state index is 3.83. The van der Waals surface area contributed by atoms with Gasteiger partial charge in [0.15, 0.2) is 0 Å². The number of rotatable bonds is 4. The highest BCUT2D eigenvalue weighted by molar-refractivity contribution is 5.52. The van der Waals surface area contributed by atoms with Crippen LogP contribution in [0.25, 0.3) is 6.08 Å². The van der Waals surface area contributed by atoms with E-state index in [0.717, 1.165) is 5.92 Å². The molecule has 0 fully saturated rings. The van der Waals surface area contributed by atoms with Gasteiger partial charge in [-0.15, -0.1) is 0 Å². The van der Waals surface area contributed by atoms with Crippen molar-refractivity contribution in [3.8, 4) is 0 Å². The van der Waals surface area contributed by atoms with E-state index in [2.05, 4.69) is 45.5 Å². The smallest absolute Gasteiger partial charge is 0.0230 e. The summed E-state index contributed by atoms with van der Waals surface area (Å²) >= 11 is 0. The summed E-state index contributed by atoms with van der Waals surface area (Å²) in [6.45, 7) is 10.5. The number of aryl methyl sites for hydroxylation is 1. The molecular weight excluding hydrogens is 168 g/mol. The Morgan fingerprint density at radius 3 is 2.71 bits per heavy atom. The molecule has 0 aromatic heterocycles. The summed E-state index contributed by atoms with van der Waals surface area (Å²) in [5.74, 6) is 0.773. The molecule has 0 aliphatic carbocycles. The first-order chi connectivity index (χ1) is 6.67. The van der Waals surface area contributed by atoms with Crippen LogP contribution in [0.2, 0.25) is 0 Å². The van der Waals surface area contributed by atoms with E-state index in [1.165, 1.54) is 29.5 Å². The van der Waals surface area contributed by atoms with Crippen molar-refractivity contribution in [1.82, 2.24) is 0 Å². The highest BCUT2D eigenvalue weighted by Crippen LogP contribution is 2.16. The Kier molecular flexibility index (Phi) is 3.94. The molecule has 0 saturated heterocycles. The van der Waals surface area contributed by atoms with Crippen LogP contribution in [0.3, 0.4) is 0 Å². The van der Waals surface area contributed by atoms with Crippen molar-refractivity contribution < 1.29 is 0 Å². The van der Waals surface area contributed by atoms with Gasteiger partial charge >= 0.3 is 0 Å². The SMILES string of the molecule is C=Cc1cc(CC(C)CC)ccc1C. The molecule has 0 N–H and O–H groups in total. The number of hydrogen-bond acceptors (Lipinski definition) is 0. The molecule has 1 aromatic carbocycles. The van der Waals surface area contributed by atoms with Crippen LogP contribution in [0.4, 0.5) is 0 Å². The molecule has 0 amide bonds. The molecule has 1 aromatic rings. The van der Waals surface area contributed by atoms with Gasteiger partial charge in [0, 0.05) is 0 Å². The van der Waals surface area contributed by atoms with Gasteiger partial charge in [-0.05, 0) is 36.0 Å². The van der Waals surface area contributed by atoms with Gasteiger partial charge in [0.1, 0.15) is 0 Å². The minimum Gasteiger partial charge on any atom is -0.0985 e. The van der Waals surface area contributed by atoms with Crippen LogP contribution in [0.5, 0.6) is 0 Å². The van der Waals surface area contributed by atoms with Crippen LogP contribution < -0.4 is 0 Å². The molecule has 76 valence electrons. The summed E-state index contributed by atoms with van der Waals surface area (Å²) < 4.78 is 0. The monoisotopic (exact) mass is 188 g/mol. The molecule has 14 heavy (non-hydrogen) atoms. The van der Waals surface area contributed by atoms with Crippen LogP contribution in [-0.2, 0) is 6.42 Å². The Labute approximate surface area is 87.7 Å². The van der Waals surface area contributed by atoms with Crippen LogP contribution in [0.15, 0.2) is 24.8 Å². The lowest BCUT2D eigenvalue weighted by Crippen LogP contribution is -1.98. The van der Waals surface area contributed by atoms with Gasteiger partial charge in [-0.3, -0.25) is 0 Å². The molecule has 0 aliphatic heterocycles. The largest absolute Gasteiger partial charge is 0.0985 e. The zero-order valence-electron chi connectivity index (χ0n) is 9.51. The van der Waals surface area contributed by atoms with Gasteiger partial charge in [0.05, 0.1) is 0 Å². The van der Waals surface area contributed by atoms with E-state index >= 15 is 0 Å². The van der Waals surface area contributed by atoms with E-state index in [1.807, 2.05) is 6.08 Å². The maximum absolute atomic E-state index is 3.83. The fourth-order valence-corrected chi connectivity index (χ4v) is 1.58. The van der Waals surface area contributed by atoms with E-state index < -0.39 is 0 Å². The van der Waals surface area contributed by atoms with Gasteiger partial charge in [-0.2, -0.15) is 0 Å². The average molecular weight is 188 g/mol. The first kappa shape index (κ1) is 11.0. The van der Waals surface area contributed by atoms with Crippen molar-refractivity contribution in [2.75, 3.05) is 0 Å². The van der Waals surface area contributed by atoms with Gasteiger partial charge in [0.2, 0.25) is 0 Å². The van der Waals surface area contributed by atoms with E-state index in [-0.39, 0.29) is 0 Å². The molecule has 0 aliphatic rings. The third kappa shape index (κ3) is 2.73. The highest BCUT2D eigenvalue weighted by atomic mass is 14.1. The summed E-state index contributed by atoms with van der Waals surface area (Å²) in [6, 6.07) is 6.68. The summed E-state index contributed by atoms with van der Waals surface area (Å²) in [6.07, 6.45) is 4.37. The Morgan fingerprint density at radius 1 is 1.43 bits per heavy atom. The standard InChI is InChI=1S/C14H20/c1-5-11(3)9-13-8-7-12(4)14(6-2)10-13/h6-8,10-11H,2,5,9H2,1,3-4H3. The van der Waals surface area contributed by atoms with Gasteiger partial charge < -0.3 is 0 Å². The number of hydrogen-bond donors (Lipinski definition) is 0. The fourth-order valence-electron chi connectivity index (χ4n) is 1.58. The van der Waals surface area contributed by atoms with Crippen molar-refractivity contribution in [1.29, 1.82) is 0 Å². The highest BCUT2D eigenvalue weighted by Gasteiger charge is 2.02. The molecule has 0 heterocycles. The second-order valence-corrected chi connectivity index (χ2v) is 4.11. The topological polar surface area (TPSA) is 0 Å². The van der Waals surface area contributed by atoms with E-state index in [4.69, 9.17) is 0 Å². The third-order valence-corrected chi connectivity index (χ3v) is 2.84. The number of benzene rings is 1. The average Bonchev–Trinajstić information content (AvgIpc) is 2.20. The molecular formula is C14H20. The fraction of sp³-hybridized carbons (Fsp3) is 0.429. The van der Waals surface area contributed by atoms with Crippen LogP contribution in [-0.4, -0.2) is 0 Å².